The summed E-state index contributed by atoms with van der Waals surface area (Å²) < 4.78 is 0. The van der Waals surface area contributed by atoms with Crippen LogP contribution in [0.2, 0.25) is 0 Å². The maximum Gasteiger partial charge on any atom is 0.346 e. The molecule has 0 saturated carbocycles. The molecular formula is C22H26N2O2S. The normalized spacial score (nSPS) is 11.2. The standard InChI is InChI=1S/C22H26N2O2S/c1-3-5-13-24(14-6-4-2)19-9-7-17(8-10-19)21-12-11-20(27-21)15-18(16-23)22(25)26/h7-12,15H,3-6,13-14H2,1-2H3,(H,25,26)/b18-15-. The molecule has 0 radical (unpaired) electrons. The van der Waals surface area contributed by atoms with E-state index < -0.39 is 5.97 Å². The van der Waals surface area contributed by atoms with Crippen LogP contribution in [0.3, 0.4) is 0 Å². The van der Waals surface area contributed by atoms with E-state index in [1.165, 1.54) is 48.8 Å². The van der Waals surface area contributed by atoms with E-state index in [2.05, 4.69) is 43.0 Å². The number of thiophene rings is 1. The van der Waals surface area contributed by atoms with Crippen LogP contribution >= 0.6 is 11.3 Å². The number of aliphatic carboxylic acids is 1. The highest BCUT2D eigenvalue weighted by Crippen LogP contribution is 2.31. The van der Waals surface area contributed by atoms with Gasteiger partial charge in [0.15, 0.2) is 0 Å². The fourth-order valence-corrected chi connectivity index (χ4v) is 3.73. The number of anilines is 1. The third-order valence-corrected chi connectivity index (χ3v) is 5.43. The number of hydrogen-bond acceptors (Lipinski definition) is 4. The molecule has 0 fully saturated rings. The van der Waals surface area contributed by atoms with Gasteiger partial charge in [0.25, 0.3) is 0 Å². The summed E-state index contributed by atoms with van der Waals surface area (Å²) in [5.41, 5.74) is 2.10. The first-order valence-electron chi connectivity index (χ1n) is 9.39. The molecule has 0 atom stereocenters. The predicted molar refractivity (Wildman–Crippen MR) is 113 cm³/mol. The lowest BCUT2D eigenvalue weighted by molar-refractivity contribution is -0.132. The van der Waals surface area contributed by atoms with Crippen molar-refractivity contribution in [3.05, 3.63) is 46.8 Å². The van der Waals surface area contributed by atoms with Crippen molar-refractivity contribution in [1.82, 2.24) is 0 Å². The smallest absolute Gasteiger partial charge is 0.346 e. The molecule has 1 N–H and O–H groups in total. The topological polar surface area (TPSA) is 64.3 Å². The van der Waals surface area contributed by atoms with Gasteiger partial charge in [0, 0.05) is 28.5 Å². The Bertz CT molecular complexity index is 808. The summed E-state index contributed by atoms with van der Waals surface area (Å²) in [6.45, 7) is 6.59. The highest BCUT2D eigenvalue weighted by atomic mass is 32.1. The van der Waals surface area contributed by atoms with E-state index >= 15 is 0 Å². The summed E-state index contributed by atoms with van der Waals surface area (Å²) in [5.74, 6) is -1.20. The molecule has 0 bridgehead atoms. The predicted octanol–water partition coefficient (Wildman–Crippen LogP) is 5.81. The Hall–Kier alpha value is -2.58. The Kier molecular flexibility index (Phi) is 8.09. The number of rotatable bonds is 10. The lowest BCUT2D eigenvalue weighted by Gasteiger charge is -2.24. The van der Waals surface area contributed by atoms with Crippen molar-refractivity contribution in [1.29, 1.82) is 5.26 Å². The van der Waals surface area contributed by atoms with Crippen molar-refractivity contribution in [3.63, 3.8) is 0 Å². The maximum absolute atomic E-state index is 11.0. The molecule has 5 heteroatoms. The molecule has 27 heavy (non-hydrogen) atoms. The summed E-state index contributed by atoms with van der Waals surface area (Å²) >= 11 is 1.48. The van der Waals surface area contributed by atoms with Gasteiger partial charge in [0.2, 0.25) is 0 Å². The third kappa shape index (κ3) is 5.97. The molecule has 0 unspecified atom stereocenters. The zero-order chi connectivity index (χ0) is 19.6. The molecule has 0 saturated heterocycles. The van der Waals surface area contributed by atoms with Crippen LogP contribution in [0.5, 0.6) is 0 Å². The van der Waals surface area contributed by atoms with Crippen LogP contribution < -0.4 is 4.90 Å². The second kappa shape index (κ2) is 10.5. The molecule has 2 aromatic rings. The zero-order valence-corrected chi connectivity index (χ0v) is 16.8. The van der Waals surface area contributed by atoms with Crippen molar-refractivity contribution >= 4 is 29.1 Å². The van der Waals surface area contributed by atoms with E-state index in [0.717, 1.165) is 28.4 Å². The minimum absolute atomic E-state index is 0.249. The largest absolute Gasteiger partial charge is 0.477 e. The monoisotopic (exact) mass is 382 g/mol. The van der Waals surface area contributed by atoms with E-state index in [-0.39, 0.29) is 5.57 Å². The molecule has 0 aliphatic carbocycles. The molecule has 0 amide bonds. The number of carboxylic acids is 1. The van der Waals surface area contributed by atoms with Gasteiger partial charge in [-0.1, -0.05) is 38.8 Å². The van der Waals surface area contributed by atoms with Crippen molar-refractivity contribution in [2.24, 2.45) is 0 Å². The minimum atomic E-state index is -1.20. The molecule has 0 aliphatic heterocycles. The molecule has 2 rings (SSSR count). The summed E-state index contributed by atoms with van der Waals surface area (Å²) in [7, 11) is 0. The highest BCUT2D eigenvalue weighted by Gasteiger charge is 2.09. The summed E-state index contributed by atoms with van der Waals surface area (Å²) in [6.07, 6.45) is 6.18. The first-order valence-corrected chi connectivity index (χ1v) is 10.2. The first-order chi connectivity index (χ1) is 13.1. The van der Waals surface area contributed by atoms with Crippen LogP contribution in [-0.2, 0) is 4.79 Å². The minimum Gasteiger partial charge on any atom is -0.477 e. The summed E-state index contributed by atoms with van der Waals surface area (Å²) in [6, 6.07) is 14.1. The van der Waals surface area contributed by atoms with E-state index in [1.54, 1.807) is 6.07 Å². The average Bonchev–Trinajstić information content (AvgIpc) is 3.15. The second-order valence-electron chi connectivity index (χ2n) is 6.42. The molecule has 1 aromatic heterocycles. The van der Waals surface area contributed by atoms with Gasteiger partial charge in [-0.2, -0.15) is 5.26 Å². The number of benzene rings is 1. The van der Waals surface area contributed by atoms with Crippen molar-refractivity contribution in [2.45, 2.75) is 39.5 Å². The Morgan fingerprint density at radius 1 is 1.11 bits per heavy atom. The van der Waals surface area contributed by atoms with Gasteiger partial charge in [-0.3, -0.25) is 0 Å². The Balaban J connectivity index is 2.17. The molecule has 0 spiro atoms. The Labute approximate surface area is 165 Å². The Morgan fingerprint density at radius 3 is 2.26 bits per heavy atom. The van der Waals surface area contributed by atoms with Crippen LogP contribution in [0.15, 0.2) is 42.0 Å². The number of nitriles is 1. The Morgan fingerprint density at radius 2 is 1.74 bits per heavy atom. The molecule has 1 heterocycles. The van der Waals surface area contributed by atoms with Crippen LogP contribution in [0.25, 0.3) is 16.5 Å². The fraction of sp³-hybridized carbons (Fsp3) is 0.364. The molecule has 142 valence electrons. The van der Waals surface area contributed by atoms with E-state index in [1.807, 2.05) is 12.1 Å². The van der Waals surface area contributed by atoms with Gasteiger partial charge in [-0.25, -0.2) is 4.79 Å². The van der Waals surface area contributed by atoms with E-state index in [0.29, 0.717) is 0 Å². The van der Waals surface area contributed by atoms with Gasteiger partial charge in [0.1, 0.15) is 11.6 Å². The second-order valence-corrected chi connectivity index (χ2v) is 7.53. The molecule has 4 nitrogen and oxygen atoms in total. The average molecular weight is 383 g/mol. The summed E-state index contributed by atoms with van der Waals surface area (Å²) in [5, 5.41) is 17.9. The van der Waals surface area contributed by atoms with Gasteiger partial charge in [-0.05, 0) is 48.7 Å². The highest BCUT2D eigenvalue weighted by molar-refractivity contribution is 7.16. The molecule has 0 aliphatic rings. The third-order valence-electron chi connectivity index (χ3n) is 4.34. The number of carboxylic acid groups (broad SMARTS) is 1. The lowest BCUT2D eigenvalue weighted by Crippen LogP contribution is -2.25. The van der Waals surface area contributed by atoms with Crippen molar-refractivity contribution in [2.75, 3.05) is 18.0 Å². The van der Waals surface area contributed by atoms with Gasteiger partial charge >= 0.3 is 5.97 Å². The zero-order valence-electron chi connectivity index (χ0n) is 15.9. The number of hydrogen-bond donors (Lipinski definition) is 1. The first kappa shape index (κ1) is 20.7. The molecular weight excluding hydrogens is 356 g/mol. The van der Waals surface area contributed by atoms with Gasteiger partial charge in [0.05, 0.1) is 0 Å². The maximum atomic E-state index is 11.0. The van der Waals surface area contributed by atoms with Crippen molar-refractivity contribution < 1.29 is 9.90 Å². The van der Waals surface area contributed by atoms with Crippen LogP contribution in [0.4, 0.5) is 5.69 Å². The van der Waals surface area contributed by atoms with Gasteiger partial charge in [-0.15, -0.1) is 11.3 Å². The lowest BCUT2D eigenvalue weighted by atomic mass is 10.1. The fourth-order valence-electron chi connectivity index (χ4n) is 2.77. The van der Waals surface area contributed by atoms with Crippen LogP contribution in [-0.4, -0.2) is 24.2 Å². The summed E-state index contributed by atoms with van der Waals surface area (Å²) in [4.78, 5) is 15.2. The quantitative estimate of drug-likeness (QED) is 0.416. The van der Waals surface area contributed by atoms with E-state index in [9.17, 15) is 4.79 Å². The van der Waals surface area contributed by atoms with Crippen molar-refractivity contribution in [3.8, 4) is 16.5 Å². The van der Waals surface area contributed by atoms with Crippen LogP contribution in [0, 0.1) is 11.3 Å². The SMILES string of the molecule is CCCCN(CCCC)c1ccc(-c2ccc(/C=C(/C#N)C(=O)O)s2)cc1. The van der Waals surface area contributed by atoms with Crippen LogP contribution in [0.1, 0.15) is 44.4 Å². The number of unbranched alkanes of at least 4 members (excludes halogenated alkanes) is 2. The number of nitrogens with zero attached hydrogens (tertiary/aromatic N) is 2. The van der Waals surface area contributed by atoms with Gasteiger partial charge < -0.3 is 10.0 Å². The van der Waals surface area contributed by atoms with E-state index in [4.69, 9.17) is 10.4 Å². The molecule has 1 aromatic carbocycles. The number of carbonyl (C=O) groups is 1.